The van der Waals surface area contributed by atoms with Crippen molar-refractivity contribution in [3.8, 4) is 0 Å². The monoisotopic (exact) mass is 478 g/mol. The van der Waals surface area contributed by atoms with E-state index in [1.807, 2.05) is 0 Å². The van der Waals surface area contributed by atoms with Crippen molar-refractivity contribution in [3.05, 3.63) is 86.3 Å². The molecule has 0 unspecified atom stereocenters. The summed E-state index contributed by atoms with van der Waals surface area (Å²) in [5.41, 5.74) is 0.510. The highest BCUT2D eigenvalue weighted by atomic mass is 35.5. The smallest absolute Gasteiger partial charge is 0.328 e. The quantitative estimate of drug-likeness (QED) is 0.411. The Kier molecular flexibility index (Phi) is 5.54. The molecule has 2 heterocycles. The zero-order valence-corrected chi connectivity index (χ0v) is 17.5. The summed E-state index contributed by atoms with van der Waals surface area (Å²) < 4.78 is 40.8. The second-order valence-corrected chi connectivity index (χ2v) is 7.52. The average molecular weight is 479 g/mol. The predicted octanol–water partition coefficient (Wildman–Crippen LogP) is 4.79. The molecule has 0 bridgehead atoms. The molecule has 1 amide bonds. The van der Waals surface area contributed by atoms with Crippen LogP contribution in [-0.4, -0.2) is 25.6 Å². The van der Waals surface area contributed by atoms with Crippen molar-refractivity contribution in [2.45, 2.75) is 19.1 Å². The minimum absolute atomic E-state index is 0.0107. The molecule has 0 aliphatic carbocycles. The zero-order valence-electron chi connectivity index (χ0n) is 16.7. The van der Waals surface area contributed by atoms with E-state index >= 15 is 0 Å². The van der Waals surface area contributed by atoms with Crippen molar-refractivity contribution < 1.29 is 22.9 Å². The van der Waals surface area contributed by atoms with Gasteiger partial charge in [0.25, 0.3) is 17.4 Å². The van der Waals surface area contributed by atoms with Crippen LogP contribution in [0.3, 0.4) is 0 Å². The molecule has 1 aromatic heterocycles. The third kappa shape index (κ3) is 4.37. The van der Waals surface area contributed by atoms with E-state index in [9.17, 15) is 28.1 Å². The van der Waals surface area contributed by atoms with Gasteiger partial charge >= 0.3 is 6.18 Å². The molecule has 1 atom stereocenters. The van der Waals surface area contributed by atoms with Gasteiger partial charge in [-0.2, -0.15) is 18.2 Å². The van der Waals surface area contributed by atoms with Gasteiger partial charge in [0.1, 0.15) is 6.04 Å². The molecule has 0 fully saturated rings. The Hall–Kier alpha value is -3.93. The minimum Gasteiger partial charge on any atom is -0.328 e. The summed E-state index contributed by atoms with van der Waals surface area (Å²) in [7, 11) is 0. The number of carbonyl (C=O) groups is 1. The molecule has 4 rings (SSSR count). The van der Waals surface area contributed by atoms with Crippen LogP contribution < -0.4 is 10.6 Å². The highest BCUT2D eigenvalue weighted by molar-refractivity contribution is 6.30. The number of rotatable bonds is 4. The third-order valence-corrected chi connectivity index (χ3v) is 5.10. The number of anilines is 2. The van der Waals surface area contributed by atoms with Gasteiger partial charge in [-0.1, -0.05) is 23.7 Å². The highest BCUT2D eigenvalue weighted by Crippen LogP contribution is 2.38. The van der Waals surface area contributed by atoms with Gasteiger partial charge in [0.2, 0.25) is 5.95 Å². The lowest BCUT2D eigenvalue weighted by Gasteiger charge is -2.28. The largest absolute Gasteiger partial charge is 0.453 e. The number of allylic oxidation sites excluding steroid dienone is 1. The van der Waals surface area contributed by atoms with E-state index in [4.69, 9.17) is 11.6 Å². The van der Waals surface area contributed by atoms with Gasteiger partial charge in [-0.15, -0.1) is 5.10 Å². The van der Waals surface area contributed by atoms with E-state index in [1.165, 1.54) is 31.2 Å². The Morgan fingerprint density at radius 3 is 2.58 bits per heavy atom. The molecule has 1 aliphatic rings. The van der Waals surface area contributed by atoms with E-state index in [0.29, 0.717) is 10.7 Å². The molecule has 33 heavy (non-hydrogen) atoms. The fraction of sp³-hybridized carbons (Fsp3) is 0.150. The van der Waals surface area contributed by atoms with Crippen LogP contribution in [-0.2, 0) is 11.0 Å². The first-order chi connectivity index (χ1) is 15.5. The number of carbonyl (C=O) groups excluding carboxylic acids is 1. The van der Waals surface area contributed by atoms with Gasteiger partial charge in [-0.05, 0) is 36.8 Å². The van der Waals surface area contributed by atoms with Crippen LogP contribution in [0, 0.1) is 10.1 Å². The number of nitro groups is 1. The molecule has 13 heteroatoms. The summed E-state index contributed by atoms with van der Waals surface area (Å²) in [5, 5.41) is 20.6. The van der Waals surface area contributed by atoms with Crippen molar-refractivity contribution in [3.63, 3.8) is 0 Å². The number of benzene rings is 2. The van der Waals surface area contributed by atoms with Crippen LogP contribution in [0.4, 0.5) is 30.5 Å². The molecule has 2 N–H and O–H groups in total. The van der Waals surface area contributed by atoms with Gasteiger partial charge in [-0.3, -0.25) is 14.9 Å². The van der Waals surface area contributed by atoms with Crippen molar-refractivity contribution in [1.82, 2.24) is 14.8 Å². The lowest BCUT2D eigenvalue weighted by Crippen LogP contribution is -2.31. The molecule has 3 aromatic rings. The lowest BCUT2D eigenvalue weighted by molar-refractivity contribution is -0.384. The third-order valence-electron chi connectivity index (χ3n) is 4.85. The number of alkyl halides is 3. The number of nitrogens with one attached hydrogen (secondary N) is 2. The maximum absolute atomic E-state index is 13.3. The molecule has 9 nitrogen and oxygen atoms in total. The number of non-ortho nitro benzene ring substituents is 1. The summed E-state index contributed by atoms with van der Waals surface area (Å²) in [6, 6.07) is 10.3. The first-order valence-corrected chi connectivity index (χ1v) is 9.75. The average Bonchev–Trinajstić information content (AvgIpc) is 3.18. The van der Waals surface area contributed by atoms with E-state index in [2.05, 4.69) is 20.7 Å². The standard InChI is InChI=1S/C20H14ClF3N6O3/c1-10-15(17(31)26-13-7-5-12(21)6-8-13)16(11-3-2-4-14(9-11)30(32)33)29-19(25-10)27-18(28-29)20(22,23)24/h2-9,16H,1H3,(H,26,31)(H,25,27,28)/t16-/m1/s1. The minimum atomic E-state index is -4.83. The van der Waals surface area contributed by atoms with Crippen LogP contribution in [0.2, 0.25) is 5.02 Å². The topological polar surface area (TPSA) is 115 Å². The fourth-order valence-corrected chi connectivity index (χ4v) is 3.54. The van der Waals surface area contributed by atoms with Crippen molar-refractivity contribution in [1.29, 1.82) is 0 Å². The molecular weight excluding hydrogens is 465 g/mol. The second kappa shape index (κ2) is 8.20. The SMILES string of the molecule is CC1=C(C(=O)Nc2ccc(Cl)cc2)[C@@H](c2cccc([N+](=O)[O-])c2)n2nc(C(F)(F)F)nc2N1. The number of fused-ring (bicyclic) bond motifs is 1. The number of hydrogen-bond acceptors (Lipinski definition) is 6. The van der Waals surface area contributed by atoms with Gasteiger partial charge in [0.05, 0.1) is 10.5 Å². The Bertz CT molecular complexity index is 1290. The lowest BCUT2D eigenvalue weighted by atomic mass is 9.94. The van der Waals surface area contributed by atoms with E-state index in [1.54, 1.807) is 24.3 Å². The number of halogens is 4. The Morgan fingerprint density at radius 1 is 1.24 bits per heavy atom. The zero-order chi connectivity index (χ0) is 23.9. The molecule has 1 aliphatic heterocycles. The first kappa shape index (κ1) is 22.3. The van der Waals surface area contributed by atoms with Gasteiger partial charge in [0, 0.05) is 28.5 Å². The molecule has 0 saturated heterocycles. The summed E-state index contributed by atoms with van der Waals surface area (Å²) in [6.07, 6.45) is -4.83. The highest BCUT2D eigenvalue weighted by Gasteiger charge is 2.41. The van der Waals surface area contributed by atoms with Crippen LogP contribution in [0.1, 0.15) is 24.4 Å². The summed E-state index contributed by atoms with van der Waals surface area (Å²) in [5.74, 6) is -2.31. The number of hydrogen-bond donors (Lipinski definition) is 2. The second-order valence-electron chi connectivity index (χ2n) is 7.08. The molecule has 0 radical (unpaired) electrons. The maximum atomic E-state index is 13.3. The predicted molar refractivity (Wildman–Crippen MR) is 113 cm³/mol. The molecular formula is C20H14ClF3N6O3. The van der Waals surface area contributed by atoms with Gasteiger partial charge in [0.15, 0.2) is 0 Å². The van der Waals surface area contributed by atoms with Gasteiger partial charge in [-0.25, -0.2) is 4.68 Å². The fourth-order valence-electron chi connectivity index (χ4n) is 3.41. The normalized spacial score (nSPS) is 15.6. The number of amides is 1. The summed E-state index contributed by atoms with van der Waals surface area (Å²) >= 11 is 5.86. The van der Waals surface area contributed by atoms with Crippen molar-refractivity contribution in [2.75, 3.05) is 10.6 Å². The van der Waals surface area contributed by atoms with E-state index in [0.717, 1.165) is 4.68 Å². The van der Waals surface area contributed by atoms with Crippen LogP contribution in [0.15, 0.2) is 59.8 Å². The Morgan fingerprint density at radius 2 is 1.94 bits per heavy atom. The summed E-state index contributed by atoms with van der Waals surface area (Å²) in [4.78, 5) is 27.3. The van der Waals surface area contributed by atoms with Crippen molar-refractivity contribution >= 4 is 34.8 Å². The van der Waals surface area contributed by atoms with Crippen LogP contribution >= 0.6 is 11.6 Å². The first-order valence-electron chi connectivity index (χ1n) is 9.37. The number of nitro benzene ring substituents is 1. The van der Waals surface area contributed by atoms with Crippen LogP contribution in [0.25, 0.3) is 0 Å². The Labute approximate surface area is 189 Å². The summed E-state index contributed by atoms with van der Waals surface area (Å²) in [6.45, 7) is 1.49. The molecule has 2 aromatic carbocycles. The number of nitrogens with zero attached hydrogens (tertiary/aromatic N) is 4. The Balaban J connectivity index is 1.83. The van der Waals surface area contributed by atoms with Gasteiger partial charge < -0.3 is 10.6 Å². The van der Waals surface area contributed by atoms with Crippen molar-refractivity contribution in [2.24, 2.45) is 0 Å². The molecule has 0 spiro atoms. The van der Waals surface area contributed by atoms with Crippen LogP contribution in [0.5, 0.6) is 0 Å². The maximum Gasteiger partial charge on any atom is 0.453 e. The van der Waals surface area contributed by atoms with E-state index < -0.39 is 28.9 Å². The van der Waals surface area contributed by atoms with E-state index in [-0.39, 0.29) is 28.5 Å². The number of aromatic nitrogens is 3. The molecule has 0 saturated carbocycles. The molecule has 170 valence electrons.